The molecule has 11 heteroatoms. The van der Waals surface area contributed by atoms with Gasteiger partial charge in [0, 0.05) is 12.5 Å². The molecule has 1 aliphatic rings. The van der Waals surface area contributed by atoms with Crippen LogP contribution in [0.4, 0.5) is 19.0 Å². The number of aromatic nitrogens is 3. The lowest BCUT2D eigenvalue weighted by molar-refractivity contribution is -0.137. The summed E-state index contributed by atoms with van der Waals surface area (Å²) in [4.78, 5) is 8.82. The number of pyridine rings is 1. The lowest BCUT2D eigenvalue weighted by Gasteiger charge is -2.20. The molecule has 0 unspecified atom stereocenters. The molecule has 0 aliphatic carbocycles. The first kappa shape index (κ1) is 22.7. The number of nitrogens with zero attached hydrogens (tertiary/aromatic N) is 3. The highest BCUT2D eigenvalue weighted by Crippen LogP contribution is 2.32. The van der Waals surface area contributed by atoms with Gasteiger partial charge in [0.2, 0.25) is 0 Å². The molecule has 3 aromatic rings. The van der Waals surface area contributed by atoms with Gasteiger partial charge in [0.15, 0.2) is 16.9 Å². The van der Waals surface area contributed by atoms with E-state index in [4.69, 9.17) is 20.3 Å². The van der Waals surface area contributed by atoms with E-state index < -0.39 is 17.8 Å². The molecule has 0 radical (unpaired) electrons. The zero-order valence-electron chi connectivity index (χ0n) is 18.0. The number of hydrogen-bond donors (Lipinski definition) is 3. The predicted molar refractivity (Wildman–Crippen MR) is 116 cm³/mol. The van der Waals surface area contributed by atoms with Gasteiger partial charge in [-0.25, -0.2) is 9.97 Å². The molecule has 1 fully saturated rings. The van der Waals surface area contributed by atoms with Crippen molar-refractivity contribution in [1.29, 1.82) is 10.8 Å². The van der Waals surface area contributed by atoms with Gasteiger partial charge >= 0.3 is 6.18 Å². The molecular formula is C22H23F3N6O2. The third-order valence-electron chi connectivity index (χ3n) is 5.39. The van der Waals surface area contributed by atoms with Crippen molar-refractivity contribution < 1.29 is 22.6 Å². The van der Waals surface area contributed by atoms with E-state index in [0.717, 1.165) is 18.5 Å². The highest BCUT2D eigenvalue weighted by Gasteiger charge is 2.30. The molecule has 0 spiro atoms. The lowest BCUT2D eigenvalue weighted by atomic mass is 10.0. The van der Waals surface area contributed by atoms with Gasteiger partial charge in [-0.2, -0.15) is 13.2 Å². The summed E-state index contributed by atoms with van der Waals surface area (Å²) in [5.41, 5.74) is -0.0196. The van der Waals surface area contributed by atoms with Crippen LogP contribution in [0.2, 0.25) is 0 Å². The van der Waals surface area contributed by atoms with Crippen molar-refractivity contribution in [3.8, 4) is 5.75 Å². The molecule has 4 rings (SSSR count). The summed E-state index contributed by atoms with van der Waals surface area (Å²) in [6, 6.07) is 6.21. The summed E-state index contributed by atoms with van der Waals surface area (Å²) < 4.78 is 52.0. The average molecular weight is 460 g/mol. The SMILES string of the molecule is Cc1nc(N[C@H](C)c2cccc(C(F)(F)F)c2)c2cc(O[C@H]3CCOC3)c(=N)n(C=N)c2n1. The Balaban J connectivity index is 1.77. The summed E-state index contributed by atoms with van der Waals surface area (Å²) in [5, 5.41) is 19.9. The molecule has 0 bridgehead atoms. The number of anilines is 1. The fourth-order valence-electron chi connectivity index (χ4n) is 3.69. The highest BCUT2D eigenvalue weighted by molar-refractivity contribution is 5.91. The van der Waals surface area contributed by atoms with Crippen LogP contribution >= 0.6 is 0 Å². The summed E-state index contributed by atoms with van der Waals surface area (Å²) >= 11 is 0. The van der Waals surface area contributed by atoms with Crippen LogP contribution in [0.1, 0.15) is 36.3 Å². The molecule has 1 aliphatic heterocycles. The first-order chi connectivity index (χ1) is 15.7. The maximum Gasteiger partial charge on any atom is 0.416 e. The maximum atomic E-state index is 13.1. The van der Waals surface area contributed by atoms with Gasteiger partial charge in [-0.15, -0.1) is 0 Å². The molecule has 33 heavy (non-hydrogen) atoms. The molecule has 2 atom stereocenters. The van der Waals surface area contributed by atoms with Gasteiger partial charge in [0.1, 0.15) is 17.7 Å². The molecular weight excluding hydrogens is 437 g/mol. The van der Waals surface area contributed by atoms with Crippen LogP contribution in [-0.4, -0.2) is 40.2 Å². The van der Waals surface area contributed by atoms with E-state index in [1.807, 2.05) is 0 Å². The van der Waals surface area contributed by atoms with Gasteiger partial charge in [-0.3, -0.25) is 15.4 Å². The Morgan fingerprint density at radius 2 is 2.09 bits per heavy atom. The second-order valence-corrected chi connectivity index (χ2v) is 7.81. The normalized spacial score (nSPS) is 17.2. The van der Waals surface area contributed by atoms with E-state index >= 15 is 0 Å². The monoisotopic (exact) mass is 460 g/mol. The number of rotatable bonds is 6. The molecule has 1 saturated heterocycles. The Morgan fingerprint density at radius 3 is 2.76 bits per heavy atom. The molecule has 8 nitrogen and oxygen atoms in total. The van der Waals surface area contributed by atoms with Crippen LogP contribution in [0.15, 0.2) is 30.3 Å². The number of aryl methyl sites for hydroxylation is 1. The predicted octanol–water partition coefficient (Wildman–Crippen LogP) is 4.03. The number of alkyl halides is 3. The average Bonchev–Trinajstić information content (AvgIpc) is 3.27. The Labute approximate surface area is 187 Å². The minimum absolute atomic E-state index is 0.0422. The van der Waals surface area contributed by atoms with Crippen LogP contribution in [-0.2, 0) is 10.9 Å². The smallest absolute Gasteiger partial charge is 0.416 e. The van der Waals surface area contributed by atoms with E-state index in [1.54, 1.807) is 26.0 Å². The third kappa shape index (κ3) is 4.68. The van der Waals surface area contributed by atoms with Gasteiger partial charge in [0.05, 0.1) is 30.5 Å². The molecule has 3 N–H and O–H groups in total. The van der Waals surface area contributed by atoms with E-state index in [9.17, 15) is 13.2 Å². The van der Waals surface area contributed by atoms with E-state index in [2.05, 4.69) is 15.3 Å². The zero-order chi connectivity index (χ0) is 23.8. The number of hydrogen-bond acceptors (Lipinski definition) is 7. The first-order valence-corrected chi connectivity index (χ1v) is 10.3. The van der Waals surface area contributed by atoms with Gasteiger partial charge < -0.3 is 14.8 Å². The molecule has 0 saturated carbocycles. The minimum Gasteiger partial charge on any atom is -0.484 e. The maximum absolute atomic E-state index is 13.1. The van der Waals surface area contributed by atoms with Gasteiger partial charge in [-0.05, 0) is 37.6 Å². The van der Waals surface area contributed by atoms with Crippen molar-refractivity contribution in [3.05, 3.63) is 52.8 Å². The summed E-state index contributed by atoms with van der Waals surface area (Å²) in [6.45, 7) is 4.37. The van der Waals surface area contributed by atoms with Crippen LogP contribution < -0.4 is 15.5 Å². The van der Waals surface area contributed by atoms with Crippen molar-refractivity contribution >= 4 is 23.2 Å². The Morgan fingerprint density at radius 1 is 1.30 bits per heavy atom. The second-order valence-electron chi connectivity index (χ2n) is 7.81. The summed E-state index contributed by atoms with van der Waals surface area (Å²) in [5.74, 6) is 0.989. The Bertz CT molecular complexity index is 1250. The fraction of sp³-hybridized carbons (Fsp3) is 0.364. The van der Waals surface area contributed by atoms with Crippen LogP contribution in [0.25, 0.3) is 11.0 Å². The van der Waals surface area contributed by atoms with Crippen molar-refractivity contribution in [2.75, 3.05) is 18.5 Å². The minimum atomic E-state index is -4.44. The first-order valence-electron chi connectivity index (χ1n) is 10.3. The van der Waals surface area contributed by atoms with Crippen molar-refractivity contribution in [2.24, 2.45) is 0 Å². The van der Waals surface area contributed by atoms with Gasteiger partial charge in [-0.1, -0.05) is 12.1 Å². The topological polar surface area (TPSA) is 109 Å². The lowest BCUT2D eigenvalue weighted by Crippen LogP contribution is -2.27. The molecule has 3 heterocycles. The Kier molecular flexibility index (Phi) is 6.07. The van der Waals surface area contributed by atoms with Crippen molar-refractivity contribution in [3.63, 3.8) is 0 Å². The Hall–Kier alpha value is -3.47. The standard InChI is InChI=1S/C22H23F3N6O2/c1-12(14-4-3-5-15(8-14)22(23,24)25)28-20-17-9-18(33-16-6-7-32-10-16)19(27)31(11-26)21(17)30-13(2)29-20/h3-5,8-9,11-12,16,26-27H,6-7,10H2,1-2H3,(H,28,29,30)/t12-,16+/m1/s1. The zero-order valence-corrected chi connectivity index (χ0v) is 18.0. The molecule has 2 aromatic heterocycles. The van der Waals surface area contributed by atoms with Crippen LogP contribution in [0.5, 0.6) is 5.75 Å². The van der Waals surface area contributed by atoms with E-state index in [0.29, 0.717) is 47.9 Å². The molecule has 174 valence electrons. The molecule has 1 aromatic carbocycles. The number of fused-ring (bicyclic) bond motifs is 1. The summed E-state index contributed by atoms with van der Waals surface area (Å²) in [7, 11) is 0. The van der Waals surface area contributed by atoms with Gasteiger partial charge in [0.25, 0.3) is 0 Å². The fourth-order valence-corrected chi connectivity index (χ4v) is 3.69. The van der Waals surface area contributed by atoms with Crippen molar-refractivity contribution in [1.82, 2.24) is 14.5 Å². The largest absolute Gasteiger partial charge is 0.484 e. The van der Waals surface area contributed by atoms with Crippen LogP contribution in [0.3, 0.4) is 0 Å². The van der Waals surface area contributed by atoms with Crippen LogP contribution in [0, 0.1) is 17.7 Å². The van der Waals surface area contributed by atoms with Crippen molar-refractivity contribution in [2.45, 2.75) is 38.6 Å². The summed E-state index contributed by atoms with van der Waals surface area (Å²) in [6.07, 6.45) is -3.00. The highest BCUT2D eigenvalue weighted by atomic mass is 19.4. The third-order valence-corrected chi connectivity index (χ3v) is 5.39. The number of halogens is 3. The number of nitrogens with one attached hydrogen (secondary N) is 3. The molecule has 0 amide bonds. The van der Waals surface area contributed by atoms with E-state index in [1.165, 1.54) is 10.6 Å². The van der Waals surface area contributed by atoms with E-state index in [-0.39, 0.29) is 17.3 Å². The number of ether oxygens (including phenoxy) is 2. The number of benzene rings is 1. The quantitative estimate of drug-likeness (QED) is 0.380. The second kappa shape index (κ2) is 8.81.